The number of benzene rings is 2. The zero-order chi connectivity index (χ0) is 22.9. The molecule has 5 rings (SSSR count). The lowest BCUT2D eigenvalue weighted by atomic mass is 10.0. The highest BCUT2D eigenvalue weighted by Crippen LogP contribution is 2.32. The summed E-state index contributed by atoms with van der Waals surface area (Å²) in [5.41, 5.74) is 2.76. The van der Waals surface area contributed by atoms with Crippen LogP contribution in [-0.4, -0.2) is 53.8 Å². The first-order valence-corrected chi connectivity index (χ1v) is 11.7. The van der Waals surface area contributed by atoms with Crippen molar-refractivity contribution in [3.63, 3.8) is 0 Å². The molecule has 0 saturated carbocycles. The lowest BCUT2D eigenvalue weighted by Crippen LogP contribution is -2.46. The summed E-state index contributed by atoms with van der Waals surface area (Å²) in [6.07, 6.45) is 3.39. The van der Waals surface area contributed by atoms with E-state index >= 15 is 4.39 Å². The minimum Gasteiger partial charge on any atom is -0.367 e. The molecule has 2 aliphatic rings. The highest BCUT2D eigenvalue weighted by Gasteiger charge is 2.25. The van der Waals surface area contributed by atoms with Crippen LogP contribution in [0.4, 0.5) is 14.9 Å². The largest absolute Gasteiger partial charge is 0.367 e. The number of carbonyl (C=O) groups excluding carboxylic acids is 2. The molecule has 2 fully saturated rings. The van der Waals surface area contributed by atoms with Gasteiger partial charge in [0.1, 0.15) is 5.82 Å². The van der Waals surface area contributed by atoms with E-state index in [-0.39, 0.29) is 11.1 Å². The van der Waals surface area contributed by atoms with Crippen molar-refractivity contribution in [1.82, 2.24) is 15.2 Å². The monoisotopic (exact) mass is 462 g/mol. The first-order valence-electron chi connectivity index (χ1n) is 10.9. The van der Waals surface area contributed by atoms with E-state index in [1.165, 1.54) is 0 Å². The molecule has 3 heterocycles. The number of aromatic nitrogens is 1. The molecular weight excluding hydrogens is 439 g/mol. The number of nitrogens with one attached hydrogen (secondary N) is 1. The number of fused-ring (bicyclic) bond motifs is 1. The van der Waals surface area contributed by atoms with E-state index in [4.69, 9.17) is 0 Å². The number of thioether (sulfide) groups is 1. The summed E-state index contributed by atoms with van der Waals surface area (Å²) in [6, 6.07) is 12.9. The second-order valence-electron chi connectivity index (χ2n) is 8.08. The maximum atomic E-state index is 15.2. The fourth-order valence-electron chi connectivity index (χ4n) is 4.29. The van der Waals surface area contributed by atoms with Crippen molar-refractivity contribution >= 4 is 45.4 Å². The van der Waals surface area contributed by atoms with Crippen molar-refractivity contribution in [2.75, 3.05) is 37.6 Å². The van der Waals surface area contributed by atoms with Gasteiger partial charge in [0, 0.05) is 43.3 Å². The zero-order valence-corrected chi connectivity index (χ0v) is 19.0. The Morgan fingerprint density at radius 1 is 1.09 bits per heavy atom. The predicted octanol–water partition coefficient (Wildman–Crippen LogP) is 4.51. The molecule has 0 aliphatic carbocycles. The minimum atomic E-state index is -0.395. The number of halogens is 1. The Morgan fingerprint density at radius 2 is 1.91 bits per heavy atom. The van der Waals surface area contributed by atoms with Gasteiger partial charge in [-0.15, -0.1) is 0 Å². The van der Waals surface area contributed by atoms with Crippen molar-refractivity contribution in [3.05, 3.63) is 64.9 Å². The summed E-state index contributed by atoms with van der Waals surface area (Å²) in [6.45, 7) is 6.64. The lowest BCUT2D eigenvalue weighted by molar-refractivity contribution is -0.115. The molecule has 33 heavy (non-hydrogen) atoms. The van der Waals surface area contributed by atoms with Crippen LogP contribution in [0.1, 0.15) is 12.5 Å². The molecule has 0 unspecified atom stereocenters. The molecule has 2 saturated heterocycles. The molecule has 3 aromatic rings. The van der Waals surface area contributed by atoms with Gasteiger partial charge < -0.3 is 9.80 Å². The summed E-state index contributed by atoms with van der Waals surface area (Å²) in [4.78, 5) is 32.7. The van der Waals surface area contributed by atoms with Crippen LogP contribution in [0.2, 0.25) is 0 Å². The Hall–Kier alpha value is -3.23. The zero-order valence-electron chi connectivity index (χ0n) is 18.2. The molecule has 2 amide bonds. The predicted molar refractivity (Wildman–Crippen MR) is 131 cm³/mol. The minimum absolute atomic E-state index is 0.257. The summed E-state index contributed by atoms with van der Waals surface area (Å²) < 4.78 is 15.2. The first-order chi connectivity index (χ1) is 16.0. The average Bonchev–Trinajstić information content (AvgIpc) is 3.15. The summed E-state index contributed by atoms with van der Waals surface area (Å²) in [5, 5.41) is 3.70. The molecule has 6 nitrogen and oxygen atoms in total. The average molecular weight is 463 g/mol. The van der Waals surface area contributed by atoms with Crippen molar-refractivity contribution in [1.29, 1.82) is 0 Å². The van der Waals surface area contributed by atoms with Crippen LogP contribution in [0.5, 0.6) is 0 Å². The van der Waals surface area contributed by atoms with Crippen LogP contribution in [-0.2, 0) is 4.79 Å². The van der Waals surface area contributed by atoms with Crippen molar-refractivity contribution < 1.29 is 14.0 Å². The molecule has 1 aromatic heterocycles. The molecule has 8 heteroatoms. The summed E-state index contributed by atoms with van der Waals surface area (Å²) in [7, 11) is 0. The Morgan fingerprint density at radius 3 is 2.61 bits per heavy atom. The van der Waals surface area contributed by atoms with Gasteiger partial charge in [0.2, 0.25) is 0 Å². The van der Waals surface area contributed by atoms with E-state index in [1.807, 2.05) is 36.4 Å². The number of carbonyl (C=O) groups is 2. The second-order valence-corrected chi connectivity index (χ2v) is 9.09. The molecule has 2 aromatic carbocycles. The highest BCUT2D eigenvalue weighted by molar-refractivity contribution is 8.18. The first kappa shape index (κ1) is 21.6. The van der Waals surface area contributed by atoms with Gasteiger partial charge in [0.05, 0.1) is 16.3 Å². The van der Waals surface area contributed by atoms with Crippen LogP contribution < -0.4 is 10.2 Å². The van der Waals surface area contributed by atoms with Gasteiger partial charge in [-0.2, -0.15) is 0 Å². The Bertz CT molecular complexity index is 1280. The fraction of sp³-hybridized carbons (Fsp3) is 0.240. The smallest absolute Gasteiger partial charge is 0.290 e. The lowest BCUT2D eigenvalue weighted by Gasteiger charge is -2.35. The maximum Gasteiger partial charge on any atom is 0.290 e. The quantitative estimate of drug-likeness (QED) is 0.576. The van der Waals surface area contributed by atoms with Crippen LogP contribution in [0, 0.1) is 5.82 Å². The van der Waals surface area contributed by atoms with Crippen molar-refractivity contribution in [2.45, 2.75) is 6.92 Å². The maximum absolute atomic E-state index is 15.2. The third-order valence-electron chi connectivity index (χ3n) is 6.11. The van der Waals surface area contributed by atoms with Crippen LogP contribution in [0.3, 0.4) is 0 Å². The summed E-state index contributed by atoms with van der Waals surface area (Å²) >= 11 is 0.882. The number of hydrogen-bond donors (Lipinski definition) is 1. The standard InChI is InChI=1S/C25H23FN4O2S/c1-2-29-9-11-30(12-10-29)21-6-5-18(15-20(21)26)23-19-13-16(3-4-17(19)7-8-27-23)14-22-24(31)28-25(32)33-22/h3-8,13-15H,2,9-12H2,1H3,(H,28,31,32). The second kappa shape index (κ2) is 8.96. The molecule has 1 N–H and O–H groups in total. The Labute approximate surface area is 195 Å². The van der Waals surface area contributed by atoms with Crippen LogP contribution in [0.25, 0.3) is 28.1 Å². The van der Waals surface area contributed by atoms with Gasteiger partial charge in [-0.05, 0) is 59.6 Å². The number of amides is 2. The number of hydrogen-bond acceptors (Lipinski definition) is 6. The highest BCUT2D eigenvalue weighted by atomic mass is 32.2. The number of rotatable bonds is 4. The van der Waals surface area contributed by atoms with E-state index in [1.54, 1.807) is 18.3 Å². The van der Waals surface area contributed by atoms with E-state index in [2.05, 4.69) is 27.0 Å². The molecule has 0 bridgehead atoms. The topological polar surface area (TPSA) is 65.5 Å². The van der Waals surface area contributed by atoms with Crippen molar-refractivity contribution in [3.8, 4) is 11.3 Å². The third-order valence-corrected chi connectivity index (χ3v) is 6.92. The number of nitrogens with zero attached hydrogens (tertiary/aromatic N) is 3. The number of anilines is 1. The SMILES string of the molecule is CCN1CCN(c2ccc(-c3nccc4ccc(C=C5SC(=O)NC5=O)cc34)cc2F)CC1. The normalized spacial score (nSPS) is 18.4. The Balaban J connectivity index is 1.48. The molecule has 168 valence electrons. The molecule has 2 aliphatic heterocycles. The number of imide groups is 1. The van der Waals surface area contributed by atoms with Gasteiger partial charge in [0.25, 0.3) is 11.1 Å². The van der Waals surface area contributed by atoms with E-state index in [0.29, 0.717) is 21.8 Å². The molecule has 0 spiro atoms. The fourth-order valence-corrected chi connectivity index (χ4v) is 4.98. The number of likely N-dealkylation sites (N-methyl/N-ethyl adjacent to an activating group) is 1. The van der Waals surface area contributed by atoms with Gasteiger partial charge in [-0.25, -0.2) is 4.39 Å². The van der Waals surface area contributed by atoms with Gasteiger partial charge in [-0.3, -0.25) is 19.9 Å². The van der Waals surface area contributed by atoms with Crippen LogP contribution in [0.15, 0.2) is 53.6 Å². The van der Waals surface area contributed by atoms with E-state index in [9.17, 15) is 9.59 Å². The third kappa shape index (κ3) is 4.36. The van der Waals surface area contributed by atoms with E-state index < -0.39 is 5.91 Å². The number of piperazine rings is 1. The van der Waals surface area contributed by atoms with Crippen molar-refractivity contribution in [2.24, 2.45) is 0 Å². The van der Waals surface area contributed by atoms with Crippen LogP contribution >= 0.6 is 11.8 Å². The summed E-state index contributed by atoms with van der Waals surface area (Å²) in [5.74, 6) is -0.652. The Kier molecular flexibility index (Phi) is 5.86. The number of pyridine rings is 1. The van der Waals surface area contributed by atoms with E-state index in [0.717, 1.165) is 60.8 Å². The molecule has 0 atom stereocenters. The van der Waals surface area contributed by atoms with Gasteiger partial charge in [0.15, 0.2) is 0 Å². The van der Waals surface area contributed by atoms with Gasteiger partial charge in [-0.1, -0.05) is 25.1 Å². The molecule has 0 radical (unpaired) electrons. The molecular formula is C25H23FN4O2S. The van der Waals surface area contributed by atoms with Gasteiger partial charge >= 0.3 is 0 Å².